The third-order valence-electron chi connectivity index (χ3n) is 4.73. The van der Waals surface area contributed by atoms with Crippen molar-refractivity contribution in [3.05, 3.63) is 0 Å². The molecule has 0 aromatic heterocycles. The lowest BCUT2D eigenvalue weighted by molar-refractivity contribution is -0.138. The van der Waals surface area contributed by atoms with Gasteiger partial charge in [0, 0.05) is 19.6 Å². The highest BCUT2D eigenvalue weighted by Gasteiger charge is 2.34. The minimum absolute atomic E-state index is 0.0511. The highest BCUT2D eigenvalue weighted by Crippen LogP contribution is 2.36. The molecule has 0 aromatic rings. The SMILES string of the molecule is CCC(CN)C(=O)N1CCC2CCCCC2C1. The molecule has 1 saturated heterocycles. The Hall–Kier alpha value is -0.570. The third kappa shape index (κ3) is 2.82. The lowest BCUT2D eigenvalue weighted by Crippen LogP contribution is -2.47. The number of piperidine rings is 1. The number of nitrogens with two attached hydrogens (primary N) is 1. The summed E-state index contributed by atoms with van der Waals surface area (Å²) in [5.74, 6) is 2.02. The van der Waals surface area contributed by atoms with Gasteiger partial charge in [0.05, 0.1) is 5.92 Å². The van der Waals surface area contributed by atoms with E-state index in [1.807, 2.05) is 0 Å². The van der Waals surface area contributed by atoms with Crippen LogP contribution in [0, 0.1) is 17.8 Å². The largest absolute Gasteiger partial charge is 0.342 e. The van der Waals surface area contributed by atoms with Crippen molar-refractivity contribution in [3.63, 3.8) is 0 Å². The fourth-order valence-corrected chi connectivity index (χ4v) is 3.50. The Morgan fingerprint density at radius 3 is 2.65 bits per heavy atom. The first-order chi connectivity index (χ1) is 8.26. The lowest BCUT2D eigenvalue weighted by atomic mass is 9.75. The normalized spacial score (nSPS) is 30.8. The van der Waals surface area contributed by atoms with Crippen LogP contribution in [0.1, 0.15) is 45.4 Å². The minimum atomic E-state index is 0.0511. The predicted molar refractivity (Wildman–Crippen MR) is 69.5 cm³/mol. The van der Waals surface area contributed by atoms with Crippen LogP contribution < -0.4 is 5.73 Å². The number of carbonyl (C=O) groups excluding carboxylic acids is 1. The van der Waals surface area contributed by atoms with E-state index in [4.69, 9.17) is 5.73 Å². The summed E-state index contributed by atoms with van der Waals surface area (Å²) in [5.41, 5.74) is 5.68. The maximum atomic E-state index is 12.3. The van der Waals surface area contributed by atoms with Crippen molar-refractivity contribution >= 4 is 5.91 Å². The van der Waals surface area contributed by atoms with Crippen LogP contribution in [0.2, 0.25) is 0 Å². The average molecular weight is 238 g/mol. The van der Waals surface area contributed by atoms with Crippen LogP contribution in [-0.2, 0) is 4.79 Å². The molecule has 3 atom stereocenters. The molecule has 1 saturated carbocycles. The standard InChI is InChI=1S/C14H26N2O/c1-2-11(9-15)14(17)16-8-7-12-5-3-4-6-13(12)10-16/h11-13H,2-10,15H2,1H3. The Morgan fingerprint density at radius 2 is 2.00 bits per heavy atom. The second-order valence-electron chi connectivity index (χ2n) is 5.72. The van der Waals surface area contributed by atoms with E-state index < -0.39 is 0 Å². The Balaban J connectivity index is 1.92. The summed E-state index contributed by atoms with van der Waals surface area (Å²) >= 11 is 0. The zero-order chi connectivity index (χ0) is 12.3. The molecule has 0 radical (unpaired) electrons. The van der Waals surface area contributed by atoms with E-state index in [0.29, 0.717) is 12.5 Å². The quantitative estimate of drug-likeness (QED) is 0.817. The number of amides is 1. The summed E-state index contributed by atoms with van der Waals surface area (Å²) in [6.07, 6.45) is 7.57. The van der Waals surface area contributed by atoms with Crippen LogP contribution >= 0.6 is 0 Å². The molecule has 2 N–H and O–H groups in total. The molecule has 3 nitrogen and oxygen atoms in total. The Kier molecular flexibility index (Phi) is 4.43. The Labute approximate surface area is 105 Å². The zero-order valence-corrected chi connectivity index (χ0v) is 11.0. The van der Waals surface area contributed by atoms with Gasteiger partial charge < -0.3 is 10.6 Å². The van der Waals surface area contributed by atoms with Gasteiger partial charge in [-0.1, -0.05) is 26.2 Å². The molecular weight excluding hydrogens is 212 g/mol. The molecule has 1 amide bonds. The van der Waals surface area contributed by atoms with Crippen molar-refractivity contribution in [1.82, 2.24) is 4.90 Å². The molecule has 2 aliphatic rings. The van der Waals surface area contributed by atoms with Gasteiger partial charge in [-0.25, -0.2) is 0 Å². The van der Waals surface area contributed by atoms with Gasteiger partial charge in [0.15, 0.2) is 0 Å². The number of fused-ring (bicyclic) bond motifs is 1. The molecule has 98 valence electrons. The minimum Gasteiger partial charge on any atom is -0.342 e. The van der Waals surface area contributed by atoms with E-state index in [9.17, 15) is 4.79 Å². The van der Waals surface area contributed by atoms with Crippen molar-refractivity contribution in [2.45, 2.75) is 45.4 Å². The lowest BCUT2D eigenvalue weighted by Gasteiger charge is -2.42. The molecule has 1 aliphatic heterocycles. The van der Waals surface area contributed by atoms with Gasteiger partial charge in [0.25, 0.3) is 0 Å². The summed E-state index contributed by atoms with van der Waals surface area (Å²) in [6.45, 7) is 4.53. The first kappa shape index (κ1) is 12.9. The van der Waals surface area contributed by atoms with E-state index in [1.165, 1.54) is 32.1 Å². The molecule has 1 aliphatic carbocycles. The highest BCUT2D eigenvalue weighted by molar-refractivity contribution is 5.79. The summed E-state index contributed by atoms with van der Waals surface area (Å²) in [5, 5.41) is 0. The molecule has 2 fully saturated rings. The maximum Gasteiger partial charge on any atom is 0.226 e. The number of nitrogens with zero attached hydrogens (tertiary/aromatic N) is 1. The topological polar surface area (TPSA) is 46.3 Å². The maximum absolute atomic E-state index is 12.3. The average Bonchev–Trinajstić information content (AvgIpc) is 2.39. The van der Waals surface area contributed by atoms with Gasteiger partial charge in [0.2, 0.25) is 5.91 Å². The monoisotopic (exact) mass is 238 g/mol. The first-order valence-electron chi connectivity index (χ1n) is 7.25. The fraction of sp³-hybridized carbons (Fsp3) is 0.929. The van der Waals surface area contributed by atoms with Gasteiger partial charge in [-0.2, -0.15) is 0 Å². The number of likely N-dealkylation sites (tertiary alicyclic amines) is 1. The number of hydrogen-bond donors (Lipinski definition) is 1. The smallest absolute Gasteiger partial charge is 0.226 e. The molecule has 3 heteroatoms. The first-order valence-corrected chi connectivity index (χ1v) is 7.25. The molecular formula is C14H26N2O. The van der Waals surface area contributed by atoms with Crippen LogP contribution in [0.15, 0.2) is 0 Å². The third-order valence-corrected chi connectivity index (χ3v) is 4.73. The molecule has 0 bridgehead atoms. The van der Waals surface area contributed by atoms with Crippen molar-refractivity contribution in [2.75, 3.05) is 19.6 Å². The fourth-order valence-electron chi connectivity index (χ4n) is 3.50. The van der Waals surface area contributed by atoms with E-state index >= 15 is 0 Å². The van der Waals surface area contributed by atoms with Crippen LogP contribution in [-0.4, -0.2) is 30.4 Å². The summed E-state index contributed by atoms with van der Waals surface area (Å²) in [4.78, 5) is 14.4. The molecule has 17 heavy (non-hydrogen) atoms. The zero-order valence-electron chi connectivity index (χ0n) is 11.0. The van der Waals surface area contributed by atoms with Crippen molar-refractivity contribution in [2.24, 2.45) is 23.5 Å². The van der Waals surface area contributed by atoms with Crippen LogP contribution in [0.3, 0.4) is 0 Å². The summed E-state index contributed by atoms with van der Waals surface area (Å²) in [7, 11) is 0. The van der Waals surface area contributed by atoms with Gasteiger partial charge in [-0.3, -0.25) is 4.79 Å². The van der Waals surface area contributed by atoms with Crippen molar-refractivity contribution < 1.29 is 4.79 Å². The van der Waals surface area contributed by atoms with E-state index in [0.717, 1.165) is 31.3 Å². The molecule has 3 unspecified atom stereocenters. The van der Waals surface area contributed by atoms with Crippen molar-refractivity contribution in [1.29, 1.82) is 0 Å². The van der Waals surface area contributed by atoms with Gasteiger partial charge in [-0.15, -0.1) is 0 Å². The molecule has 1 heterocycles. The van der Waals surface area contributed by atoms with Crippen LogP contribution in [0.4, 0.5) is 0 Å². The van der Waals surface area contributed by atoms with E-state index in [1.54, 1.807) is 0 Å². The van der Waals surface area contributed by atoms with Gasteiger partial charge >= 0.3 is 0 Å². The van der Waals surface area contributed by atoms with E-state index in [-0.39, 0.29) is 5.92 Å². The Morgan fingerprint density at radius 1 is 1.29 bits per heavy atom. The van der Waals surface area contributed by atoms with Crippen LogP contribution in [0.25, 0.3) is 0 Å². The molecule has 0 spiro atoms. The van der Waals surface area contributed by atoms with Crippen LogP contribution in [0.5, 0.6) is 0 Å². The molecule has 0 aromatic carbocycles. The number of rotatable bonds is 3. The number of hydrogen-bond acceptors (Lipinski definition) is 2. The van der Waals surface area contributed by atoms with E-state index in [2.05, 4.69) is 11.8 Å². The second-order valence-corrected chi connectivity index (χ2v) is 5.72. The highest BCUT2D eigenvalue weighted by atomic mass is 16.2. The second kappa shape index (κ2) is 5.85. The predicted octanol–water partition coefficient (Wildman–Crippen LogP) is 2.01. The van der Waals surface area contributed by atoms with Gasteiger partial charge in [-0.05, 0) is 31.1 Å². The van der Waals surface area contributed by atoms with Gasteiger partial charge in [0.1, 0.15) is 0 Å². The number of carbonyl (C=O) groups is 1. The summed E-state index contributed by atoms with van der Waals surface area (Å²) in [6, 6.07) is 0. The van der Waals surface area contributed by atoms with Crippen molar-refractivity contribution in [3.8, 4) is 0 Å². The summed E-state index contributed by atoms with van der Waals surface area (Å²) < 4.78 is 0. The molecule has 2 rings (SSSR count). The Bertz CT molecular complexity index is 263.